The van der Waals surface area contributed by atoms with E-state index in [-0.39, 0.29) is 11.8 Å². The lowest BCUT2D eigenvalue weighted by atomic mass is 9.92. The molecule has 10 rings (SSSR count). The molecule has 0 heterocycles. The Morgan fingerprint density at radius 1 is 0.490 bits per heavy atom. The Morgan fingerprint density at radius 3 is 1.37 bits per heavy atom. The highest BCUT2D eigenvalue weighted by molar-refractivity contribution is 6.24. The molecule has 0 saturated carbocycles. The average Bonchev–Trinajstić information content (AvgIpc) is 3.73. The van der Waals surface area contributed by atoms with E-state index in [0.717, 1.165) is 39.5 Å². The first kappa shape index (κ1) is 29.4. The van der Waals surface area contributed by atoms with E-state index in [4.69, 9.17) is 0 Å². The Bertz CT molecular complexity index is 2720. The molecular weight excluding hydrogens is 625 g/mol. The number of hydrogen-bond acceptors (Lipinski definition) is 2. The van der Waals surface area contributed by atoms with Crippen molar-refractivity contribution in [3.05, 3.63) is 173 Å². The maximum absolute atomic E-state index is 13.8. The van der Waals surface area contributed by atoms with E-state index in [0.29, 0.717) is 24.2 Å². The standard InChI is InChI=1S/C47H32N2O2/c50-46(48-26-35-17-15-33-13-11-29-7-3-9-31-19-21-40(35)44(33)42(29)31)38-23-37(28-5-1-2-6-28)24-39(25-38)47(51)49-27-36-18-16-34-14-12-30-8-4-10-32-20-22-41(36)45(34)43(30)32/h1-5,7-25H,6,26-27H2,(H,48,50)(H,49,51). The van der Waals surface area contributed by atoms with Gasteiger partial charge in [-0.15, -0.1) is 0 Å². The second kappa shape index (κ2) is 11.5. The topological polar surface area (TPSA) is 58.2 Å². The molecule has 0 spiro atoms. The van der Waals surface area contributed by atoms with Crippen LogP contribution in [0.3, 0.4) is 0 Å². The van der Waals surface area contributed by atoms with Crippen LogP contribution in [0.1, 0.15) is 43.8 Å². The van der Waals surface area contributed by atoms with E-state index in [9.17, 15) is 9.59 Å². The van der Waals surface area contributed by atoms with Crippen molar-refractivity contribution >= 4 is 82.0 Å². The molecule has 2 N–H and O–H groups in total. The van der Waals surface area contributed by atoms with Gasteiger partial charge in [-0.1, -0.05) is 127 Å². The van der Waals surface area contributed by atoms with Gasteiger partial charge in [-0.2, -0.15) is 0 Å². The van der Waals surface area contributed by atoms with Gasteiger partial charge >= 0.3 is 0 Å². The molecule has 0 atom stereocenters. The molecule has 1 aliphatic rings. The summed E-state index contributed by atoms with van der Waals surface area (Å²) >= 11 is 0. The molecule has 0 aromatic heterocycles. The number of rotatable bonds is 7. The van der Waals surface area contributed by atoms with Crippen LogP contribution in [0.4, 0.5) is 0 Å². The fourth-order valence-corrected chi connectivity index (χ4v) is 8.19. The summed E-state index contributed by atoms with van der Waals surface area (Å²) in [5, 5.41) is 20.8. The number of carbonyl (C=O) groups excluding carboxylic acids is 2. The summed E-state index contributed by atoms with van der Waals surface area (Å²) in [5.41, 5.74) is 5.00. The fourth-order valence-electron chi connectivity index (χ4n) is 8.19. The summed E-state index contributed by atoms with van der Waals surface area (Å²) in [4.78, 5) is 27.7. The largest absolute Gasteiger partial charge is 0.348 e. The van der Waals surface area contributed by atoms with Gasteiger partial charge in [0.05, 0.1) is 0 Å². The van der Waals surface area contributed by atoms with Gasteiger partial charge in [0.25, 0.3) is 11.8 Å². The highest BCUT2D eigenvalue weighted by Crippen LogP contribution is 2.37. The van der Waals surface area contributed by atoms with Crippen LogP contribution in [0, 0.1) is 0 Å². The summed E-state index contributed by atoms with van der Waals surface area (Å²) < 4.78 is 0. The normalized spacial score (nSPS) is 13.0. The summed E-state index contributed by atoms with van der Waals surface area (Å²) in [6, 6.07) is 44.1. The minimum Gasteiger partial charge on any atom is -0.348 e. The first-order chi connectivity index (χ1) is 25.1. The van der Waals surface area contributed by atoms with Gasteiger partial charge in [-0.25, -0.2) is 0 Å². The molecule has 0 saturated heterocycles. The third kappa shape index (κ3) is 4.83. The van der Waals surface area contributed by atoms with E-state index < -0.39 is 0 Å². The first-order valence-electron chi connectivity index (χ1n) is 17.5. The Labute approximate surface area is 294 Å². The molecule has 2 amide bonds. The maximum Gasteiger partial charge on any atom is 0.251 e. The lowest BCUT2D eigenvalue weighted by molar-refractivity contribution is 0.0950. The van der Waals surface area contributed by atoms with Crippen molar-refractivity contribution in [3.63, 3.8) is 0 Å². The van der Waals surface area contributed by atoms with Crippen LogP contribution < -0.4 is 10.6 Å². The zero-order valence-electron chi connectivity index (χ0n) is 27.8. The minimum absolute atomic E-state index is 0.213. The van der Waals surface area contributed by atoms with E-state index in [2.05, 4.69) is 126 Å². The third-order valence-electron chi connectivity index (χ3n) is 10.7. The molecule has 9 aromatic carbocycles. The van der Waals surface area contributed by atoms with E-state index >= 15 is 0 Å². The van der Waals surface area contributed by atoms with Crippen molar-refractivity contribution in [1.29, 1.82) is 0 Å². The summed E-state index contributed by atoms with van der Waals surface area (Å²) in [7, 11) is 0. The van der Waals surface area contributed by atoms with Crippen molar-refractivity contribution < 1.29 is 9.59 Å². The van der Waals surface area contributed by atoms with Crippen LogP contribution in [0.2, 0.25) is 0 Å². The molecule has 0 fully saturated rings. The molecule has 0 radical (unpaired) electrons. The zero-order chi connectivity index (χ0) is 34.1. The van der Waals surface area contributed by atoms with Crippen molar-refractivity contribution in [2.24, 2.45) is 0 Å². The molecule has 0 bridgehead atoms. The monoisotopic (exact) mass is 656 g/mol. The average molecular weight is 657 g/mol. The smallest absolute Gasteiger partial charge is 0.251 e. The first-order valence-corrected chi connectivity index (χ1v) is 17.5. The predicted molar refractivity (Wildman–Crippen MR) is 211 cm³/mol. The highest BCUT2D eigenvalue weighted by Gasteiger charge is 2.18. The lowest BCUT2D eigenvalue weighted by Gasteiger charge is -2.16. The molecule has 0 aliphatic heterocycles. The summed E-state index contributed by atoms with van der Waals surface area (Å²) in [6.07, 6.45) is 6.92. The SMILES string of the molecule is O=C(NCc1ccc2ccc3cccc4ccc1c2c34)c1cc(C(=O)NCc2ccc3ccc4cccc5ccc2c3c45)cc(C2=CC=CC2)c1. The Hall–Kier alpha value is -6.52. The second-order valence-electron chi connectivity index (χ2n) is 13.7. The summed E-state index contributed by atoms with van der Waals surface area (Å²) in [5.74, 6) is -0.426. The molecular formula is C47H32N2O2. The van der Waals surface area contributed by atoms with Crippen molar-refractivity contribution in [2.45, 2.75) is 19.5 Å². The molecule has 51 heavy (non-hydrogen) atoms. The molecule has 4 heteroatoms. The Balaban J connectivity index is 0.944. The minimum atomic E-state index is -0.213. The quantitative estimate of drug-likeness (QED) is 0.168. The van der Waals surface area contributed by atoms with Crippen LogP contribution in [0.25, 0.3) is 70.2 Å². The molecule has 242 valence electrons. The number of benzene rings is 9. The van der Waals surface area contributed by atoms with Crippen LogP contribution in [0.15, 0.2) is 146 Å². The van der Waals surface area contributed by atoms with Crippen LogP contribution in [-0.2, 0) is 13.1 Å². The number of hydrogen-bond donors (Lipinski definition) is 2. The summed E-state index contributed by atoms with van der Waals surface area (Å²) in [6.45, 7) is 0.745. The van der Waals surface area contributed by atoms with E-state index in [1.54, 1.807) is 6.07 Å². The van der Waals surface area contributed by atoms with Crippen LogP contribution >= 0.6 is 0 Å². The highest BCUT2D eigenvalue weighted by atomic mass is 16.2. The zero-order valence-corrected chi connectivity index (χ0v) is 27.8. The van der Waals surface area contributed by atoms with Gasteiger partial charge in [0.1, 0.15) is 0 Å². The molecule has 4 nitrogen and oxygen atoms in total. The van der Waals surface area contributed by atoms with Gasteiger partial charge in [0.2, 0.25) is 0 Å². The number of amides is 2. The van der Waals surface area contributed by atoms with Crippen molar-refractivity contribution in [1.82, 2.24) is 10.6 Å². The number of allylic oxidation sites excluding steroid dienone is 4. The fraction of sp³-hybridized carbons (Fsp3) is 0.0638. The third-order valence-corrected chi connectivity index (χ3v) is 10.7. The van der Waals surface area contributed by atoms with E-state index in [1.807, 2.05) is 24.3 Å². The van der Waals surface area contributed by atoms with Gasteiger partial charge in [0, 0.05) is 24.2 Å². The molecule has 0 unspecified atom stereocenters. The van der Waals surface area contributed by atoms with Crippen molar-refractivity contribution in [2.75, 3.05) is 0 Å². The van der Waals surface area contributed by atoms with Crippen LogP contribution in [0.5, 0.6) is 0 Å². The molecule has 9 aromatic rings. The molecule has 1 aliphatic carbocycles. The van der Waals surface area contributed by atoms with Gasteiger partial charge in [-0.05, 0) is 112 Å². The number of nitrogens with one attached hydrogen (secondary N) is 2. The van der Waals surface area contributed by atoms with Gasteiger partial charge in [0.15, 0.2) is 0 Å². The van der Waals surface area contributed by atoms with E-state index in [1.165, 1.54) is 53.9 Å². The Morgan fingerprint density at radius 2 is 0.922 bits per heavy atom. The van der Waals surface area contributed by atoms with Gasteiger partial charge in [-0.3, -0.25) is 9.59 Å². The Kier molecular flexibility index (Phi) is 6.65. The lowest BCUT2D eigenvalue weighted by Crippen LogP contribution is -2.26. The number of carbonyl (C=O) groups is 2. The maximum atomic E-state index is 13.8. The van der Waals surface area contributed by atoms with Crippen molar-refractivity contribution in [3.8, 4) is 0 Å². The van der Waals surface area contributed by atoms with Gasteiger partial charge < -0.3 is 10.6 Å². The predicted octanol–water partition coefficient (Wildman–Crippen LogP) is 10.7. The second-order valence-corrected chi connectivity index (χ2v) is 13.7. The van der Waals surface area contributed by atoms with Crippen LogP contribution in [-0.4, -0.2) is 11.8 Å².